The van der Waals surface area contributed by atoms with Gasteiger partial charge in [-0.2, -0.15) is 0 Å². The van der Waals surface area contributed by atoms with E-state index < -0.39 is 12.5 Å². The minimum atomic E-state index is -1.08. The van der Waals surface area contributed by atoms with Crippen LogP contribution in [0.15, 0.2) is 48.5 Å². The molecule has 0 aliphatic heterocycles. The lowest BCUT2D eigenvalue weighted by atomic mass is 10.1. The highest BCUT2D eigenvalue weighted by atomic mass is 16.5. The number of nitrogens with one attached hydrogen (secondary N) is 2. The van der Waals surface area contributed by atoms with Gasteiger partial charge < -0.3 is 20.5 Å². The van der Waals surface area contributed by atoms with E-state index in [1.807, 2.05) is 24.3 Å². The molecule has 0 saturated heterocycles. The average Bonchev–Trinajstić information content (AvgIpc) is 3.49. The normalized spacial score (nSPS) is 17.5. The van der Waals surface area contributed by atoms with Crippen LogP contribution in [0.2, 0.25) is 0 Å². The van der Waals surface area contributed by atoms with Crippen molar-refractivity contribution in [1.82, 2.24) is 5.32 Å². The highest BCUT2D eigenvalue weighted by Crippen LogP contribution is 2.48. The minimum absolute atomic E-state index is 0.0280. The van der Waals surface area contributed by atoms with Crippen molar-refractivity contribution < 1.29 is 24.2 Å². The van der Waals surface area contributed by atoms with Crippen molar-refractivity contribution in [3.05, 3.63) is 59.7 Å². The monoisotopic (exact) mass is 382 g/mol. The summed E-state index contributed by atoms with van der Waals surface area (Å²) in [5, 5.41) is 13.8. The highest BCUT2D eigenvalue weighted by molar-refractivity contribution is 5.95. The smallest absolute Gasteiger partial charge is 0.322 e. The maximum absolute atomic E-state index is 12.5. The van der Waals surface area contributed by atoms with Crippen LogP contribution in [0.25, 0.3) is 0 Å². The second-order valence-electron chi connectivity index (χ2n) is 6.76. The summed E-state index contributed by atoms with van der Waals surface area (Å²) < 4.78 is 5.23. The number of hydrogen-bond acceptors (Lipinski definition) is 4. The fourth-order valence-corrected chi connectivity index (χ4v) is 3.09. The first-order chi connectivity index (χ1) is 13.5. The predicted molar refractivity (Wildman–Crippen MR) is 103 cm³/mol. The molecule has 7 heteroatoms. The molecule has 0 bridgehead atoms. The van der Waals surface area contributed by atoms with E-state index in [9.17, 15) is 14.4 Å². The SMILES string of the molecule is COc1cccc(C2CC2C(=O)Nc2ccc(CC(=O)NCC(=O)O)cc2)c1. The Bertz CT molecular complexity index is 879. The van der Waals surface area contributed by atoms with Gasteiger partial charge in [0, 0.05) is 11.6 Å². The minimum Gasteiger partial charge on any atom is -0.497 e. The number of carboxylic acids is 1. The highest BCUT2D eigenvalue weighted by Gasteiger charge is 2.44. The van der Waals surface area contributed by atoms with Gasteiger partial charge >= 0.3 is 5.97 Å². The molecule has 3 N–H and O–H groups in total. The molecule has 1 aliphatic carbocycles. The van der Waals surface area contributed by atoms with Crippen LogP contribution in [-0.2, 0) is 20.8 Å². The van der Waals surface area contributed by atoms with Gasteiger partial charge in [0.15, 0.2) is 0 Å². The van der Waals surface area contributed by atoms with Gasteiger partial charge in [-0.1, -0.05) is 24.3 Å². The number of methoxy groups -OCH3 is 1. The maximum Gasteiger partial charge on any atom is 0.322 e. The van der Waals surface area contributed by atoms with Gasteiger partial charge in [-0.05, 0) is 47.7 Å². The molecule has 1 aliphatic rings. The summed E-state index contributed by atoms with van der Waals surface area (Å²) in [7, 11) is 1.62. The third-order valence-electron chi connectivity index (χ3n) is 4.67. The first-order valence-electron chi connectivity index (χ1n) is 8.98. The molecule has 0 radical (unpaired) electrons. The summed E-state index contributed by atoms with van der Waals surface area (Å²) >= 11 is 0. The Kier molecular flexibility index (Phi) is 5.93. The Morgan fingerprint density at radius 3 is 2.57 bits per heavy atom. The summed E-state index contributed by atoms with van der Waals surface area (Å²) in [5.74, 6) is -0.552. The fourth-order valence-electron chi connectivity index (χ4n) is 3.09. The van der Waals surface area contributed by atoms with Gasteiger partial charge in [-0.3, -0.25) is 14.4 Å². The quantitative estimate of drug-likeness (QED) is 0.649. The van der Waals surface area contributed by atoms with Crippen molar-refractivity contribution in [2.45, 2.75) is 18.8 Å². The number of carbonyl (C=O) groups is 3. The zero-order valence-corrected chi connectivity index (χ0v) is 15.5. The van der Waals surface area contributed by atoms with Gasteiger partial charge in [0.25, 0.3) is 0 Å². The molecule has 146 valence electrons. The van der Waals surface area contributed by atoms with Crippen molar-refractivity contribution in [3.63, 3.8) is 0 Å². The number of rotatable bonds is 8. The van der Waals surface area contributed by atoms with Crippen LogP contribution in [0.5, 0.6) is 5.75 Å². The number of ether oxygens (including phenoxy) is 1. The average molecular weight is 382 g/mol. The summed E-state index contributed by atoms with van der Waals surface area (Å²) in [6.07, 6.45) is 0.892. The molecule has 7 nitrogen and oxygen atoms in total. The first kappa shape index (κ1) is 19.4. The van der Waals surface area contributed by atoms with Crippen LogP contribution in [0.4, 0.5) is 5.69 Å². The van der Waals surface area contributed by atoms with E-state index in [2.05, 4.69) is 10.6 Å². The summed E-state index contributed by atoms with van der Waals surface area (Å²) in [5.41, 5.74) is 2.50. The molecule has 2 unspecified atom stereocenters. The van der Waals surface area contributed by atoms with Crippen molar-refractivity contribution in [2.24, 2.45) is 5.92 Å². The van der Waals surface area contributed by atoms with E-state index in [0.717, 1.165) is 23.3 Å². The molecule has 0 heterocycles. The molecule has 2 atom stereocenters. The Hall–Kier alpha value is -3.35. The maximum atomic E-state index is 12.5. The van der Waals surface area contributed by atoms with E-state index in [0.29, 0.717) is 5.69 Å². The van der Waals surface area contributed by atoms with E-state index >= 15 is 0 Å². The number of amides is 2. The van der Waals surface area contributed by atoms with E-state index in [1.54, 1.807) is 31.4 Å². The lowest BCUT2D eigenvalue weighted by Crippen LogP contribution is -2.30. The molecular formula is C21H22N2O5. The molecule has 0 spiro atoms. The van der Waals surface area contributed by atoms with E-state index in [1.165, 1.54) is 0 Å². The molecule has 3 rings (SSSR count). The van der Waals surface area contributed by atoms with Crippen LogP contribution in [0.3, 0.4) is 0 Å². The van der Waals surface area contributed by atoms with Crippen LogP contribution in [0.1, 0.15) is 23.5 Å². The molecule has 28 heavy (non-hydrogen) atoms. The molecule has 1 fully saturated rings. The lowest BCUT2D eigenvalue weighted by molar-refractivity contribution is -0.137. The van der Waals surface area contributed by atoms with Gasteiger partial charge in [0.05, 0.1) is 13.5 Å². The lowest BCUT2D eigenvalue weighted by Gasteiger charge is -2.07. The Balaban J connectivity index is 1.51. The van der Waals surface area contributed by atoms with Crippen molar-refractivity contribution in [1.29, 1.82) is 0 Å². The number of anilines is 1. The number of benzene rings is 2. The van der Waals surface area contributed by atoms with Gasteiger partial charge in [0.1, 0.15) is 12.3 Å². The Morgan fingerprint density at radius 2 is 1.89 bits per heavy atom. The molecular weight excluding hydrogens is 360 g/mol. The third kappa shape index (κ3) is 5.09. The zero-order chi connectivity index (χ0) is 20.1. The summed E-state index contributed by atoms with van der Waals surface area (Å²) in [4.78, 5) is 34.6. The van der Waals surface area contributed by atoms with E-state index in [4.69, 9.17) is 9.84 Å². The standard InChI is InChI=1S/C21H22N2O5/c1-28-16-4-2-3-14(10-16)17-11-18(17)21(27)23-15-7-5-13(6-8-15)9-19(24)22-12-20(25)26/h2-8,10,17-18H,9,11-12H2,1H3,(H,22,24)(H,23,27)(H,25,26). The Morgan fingerprint density at radius 1 is 1.14 bits per heavy atom. The van der Waals surface area contributed by atoms with Gasteiger partial charge in [0.2, 0.25) is 11.8 Å². The largest absolute Gasteiger partial charge is 0.497 e. The topological polar surface area (TPSA) is 105 Å². The number of aliphatic carboxylic acids is 1. The second kappa shape index (κ2) is 8.56. The van der Waals surface area contributed by atoms with Crippen molar-refractivity contribution in [3.8, 4) is 5.75 Å². The second-order valence-corrected chi connectivity index (χ2v) is 6.76. The number of carboxylic acid groups (broad SMARTS) is 1. The molecule has 2 aromatic rings. The van der Waals surface area contributed by atoms with E-state index in [-0.39, 0.29) is 30.1 Å². The Labute approximate surface area is 162 Å². The van der Waals surface area contributed by atoms with Crippen LogP contribution in [-0.4, -0.2) is 36.5 Å². The third-order valence-corrected chi connectivity index (χ3v) is 4.67. The number of hydrogen-bond donors (Lipinski definition) is 3. The number of carbonyl (C=O) groups excluding carboxylic acids is 2. The van der Waals surface area contributed by atoms with Gasteiger partial charge in [-0.25, -0.2) is 0 Å². The molecule has 1 saturated carbocycles. The van der Waals surface area contributed by atoms with Crippen molar-refractivity contribution in [2.75, 3.05) is 19.0 Å². The first-order valence-corrected chi connectivity index (χ1v) is 8.98. The zero-order valence-electron chi connectivity index (χ0n) is 15.5. The summed E-state index contributed by atoms with van der Waals surface area (Å²) in [6, 6.07) is 14.7. The molecule has 0 aromatic heterocycles. The molecule has 2 aromatic carbocycles. The summed E-state index contributed by atoms with van der Waals surface area (Å²) in [6.45, 7) is -0.400. The van der Waals surface area contributed by atoms with Crippen LogP contribution >= 0.6 is 0 Å². The van der Waals surface area contributed by atoms with Crippen LogP contribution in [0, 0.1) is 5.92 Å². The van der Waals surface area contributed by atoms with Crippen LogP contribution < -0.4 is 15.4 Å². The van der Waals surface area contributed by atoms with Gasteiger partial charge in [-0.15, -0.1) is 0 Å². The van der Waals surface area contributed by atoms with Crippen molar-refractivity contribution >= 4 is 23.5 Å². The fraction of sp³-hybridized carbons (Fsp3) is 0.286. The molecule has 2 amide bonds. The predicted octanol–water partition coefficient (Wildman–Crippen LogP) is 2.18.